The Hall–Kier alpha value is -2.08. The van der Waals surface area contributed by atoms with Gasteiger partial charge in [0.1, 0.15) is 0 Å². The van der Waals surface area contributed by atoms with Crippen molar-refractivity contribution in [3.8, 4) is 0 Å². The fourth-order valence-electron chi connectivity index (χ4n) is 1.49. The topological polar surface area (TPSA) is 87.7 Å². The summed E-state index contributed by atoms with van der Waals surface area (Å²) in [7, 11) is 3.06. The van der Waals surface area contributed by atoms with Crippen molar-refractivity contribution < 1.29 is 19.4 Å². The third kappa shape index (κ3) is 4.06. The molecule has 0 aromatic heterocycles. The summed E-state index contributed by atoms with van der Waals surface area (Å²) in [6, 6.07) is 5.18. The number of methoxy groups -OCH3 is 1. The summed E-state index contributed by atoms with van der Waals surface area (Å²) in [5.74, 6) is -1.35. The number of hydrogen-bond donors (Lipinski definition) is 3. The van der Waals surface area contributed by atoms with E-state index in [-0.39, 0.29) is 6.54 Å². The van der Waals surface area contributed by atoms with E-state index in [0.717, 1.165) is 11.3 Å². The molecule has 0 saturated heterocycles. The maximum absolute atomic E-state index is 11.5. The zero-order chi connectivity index (χ0) is 13.5. The standard InChI is InChI=1S/C12H16N2O4/c1-13-10-4-8(6-14-7-11(15)16)3-9(5-10)12(17)18-2/h3-5,13-14H,6-7H2,1-2H3,(H,15,16). The summed E-state index contributed by atoms with van der Waals surface area (Å²) in [4.78, 5) is 21.8. The Balaban J connectivity index is 2.83. The van der Waals surface area contributed by atoms with E-state index in [0.29, 0.717) is 12.1 Å². The summed E-state index contributed by atoms with van der Waals surface area (Å²) in [5, 5.41) is 14.2. The van der Waals surface area contributed by atoms with Crippen molar-refractivity contribution in [1.29, 1.82) is 0 Å². The Bertz CT molecular complexity index is 446. The van der Waals surface area contributed by atoms with Gasteiger partial charge in [-0.1, -0.05) is 0 Å². The number of esters is 1. The lowest BCUT2D eigenvalue weighted by molar-refractivity contribution is -0.136. The van der Waals surface area contributed by atoms with E-state index in [1.807, 2.05) is 6.07 Å². The minimum atomic E-state index is -0.923. The second kappa shape index (κ2) is 6.61. The highest BCUT2D eigenvalue weighted by Crippen LogP contribution is 2.15. The van der Waals surface area contributed by atoms with E-state index in [9.17, 15) is 9.59 Å². The van der Waals surface area contributed by atoms with Crippen molar-refractivity contribution >= 4 is 17.6 Å². The predicted molar refractivity (Wildman–Crippen MR) is 66.7 cm³/mol. The van der Waals surface area contributed by atoms with Gasteiger partial charge in [-0.05, 0) is 23.8 Å². The van der Waals surface area contributed by atoms with Crippen LogP contribution in [-0.2, 0) is 16.1 Å². The van der Waals surface area contributed by atoms with E-state index < -0.39 is 11.9 Å². The first-order valence-corrected chi connectivity index (χ1v) is 5.39. The fraction of sp³-hybridized carbons (Fsp3) is 0.333. The minimum Gasteiger partial charge on any atom is -0.480 e. The predicted octanol–water partition coefficient (Wildman–Crippen LogP) is 0.689. The van der Waals surface area contributed by atoms with Crippen molar-refractivity contribution in [1.82, 2.24) is 5.32 Å². The Kier molecular flexibility index (Phi) is 5.13. The smallest absolute Gasteiger partial charge is 0.337 e. The number of hydrogen-bond acceptors (Lipinski definition) is 5. The molecule has 0 heterocycles. The van der Waals surface area contributed by atoms with Crippen LogP contribution < -0.4 is 10.6 Å². The Morgan fingerprint density at radius 3 is 2.61 bits per heavy atom. The van der Waals surface area contributed by atoms with Gasteiger partial charge in [-0.3, -0.25) is 4.79 Å². The molecule has 0 aliphatic heterocycles. The summed E-state index contributed by atoms with van der Waals surface area (Å²) in [6.07, 6.45) is 0. The molecule has 0 atom stereocenters. The van der Waals surface area contributed by atoms with Crippen molar-refractivity contribution in [2.75, 3.05) is 26.0 Å². The number of nitrogens with one attached hydrogen (secondary N) is 2. The highest BCUT2D eigenvalue weighted by Gasteiger charge is 2.08. The SMILES string of the molecule is CNc1cc(CNCC(=O)O)cc(C(=O)OC)c1. The monoisotopic (exact) mass is 252 g/mol. The van der Waals surface area contributed by atoms with Gasteiger partial charge >= 0.3 is 11.9 Å². The highest BCUT2D eigenvalue weighted by atomic mass is 16.5. The first kappa shape index (κ1) is 14.0. The van der Waals surface area contributed by atoms with Crippen LogP contribution in [0.25, 0.3) is 0 Å². The third-order valence-corrected chi connectivity index (χ3v) is 2.31. The fourth-order valence-corrected chi connectivity index (χ4v) is 1.49. The number of carbonyl (C=O) groups excluding carboxylic acids is 1. The molecule has 6 nitrogen and oxygen atoms in total. The average molecular weight is 252 g/mol. The Morgan fingerprint density at radius 1 is 1.33 bits per heavy atom. The molecule has 1 rings (SSSR count). The van der Waals surface area contributed by atoms with E-state index >= 15 is 0 Å². The van der Waals surface area contributed by atoms with Crippen molar-refractivity contribution in [2.24, 2.45) is 0 Å². The zero-order valence-corrected chi connectivity index (χ0v) is 10.3. The van der Waals surface area contributed by atoms with Gasteiger partial charge in [0.05, 0.1) is 19.2 Å². The molecule has 0 amide bonds. The molecule has 6 heteroatoms. The van der Waals surface area contributed by atoms with Gasteiger partial charge in [0, 0.05) is 19.3 Å². The van der Waals surface area contributed by atoms with Gasteiger partial charge in [0.25, 0.3) is 0 Å². The maximum Gasteiger partial charge on any atom is 0.337 e. The second-order valence-corrected chi connectivity index (χ2v) is 3.66. The lowest BCUT2D eigenvalue weighted by Gasteiger charge is -2.09. The molecule has 1 aromatic carbocycles. The molecule has 0 radical (unpaired) electrons. The number of ether oxygens (including phenoxy) is 1. The number of carbonyl (C=O) groups is 2. The van der Waals surface area contributed by atoms with E-state index in [4.69, 9.17) is 5.11 Å². The minimum absolute atomic E-state index is 0.128. The number of aliphatic carboxylic acids is 1. The zero-order valence-electron chi connectivity index (χ0n) is 10.3. The van der Waals surface area contributed by atoms with Crippen LogP contribution in [0.3, 0.4) is 0 Å². The van der Waals surface area contributed by atoms with Crippen LogP contribution in [0.2, 0.25) is 0 Å². The molecular formula is C12H16N2O4. The van der Waals surface area contributed by atoms with Gasteiger partial charge in [0.2, 0.25) is 0 Å². The Labute approximate surface area is 105 Å². The van der Waals surface area contributed by atoms with Gasteiger partial charge in [-0.25, -0.2) is 4.79 Å². The highest BCUT2D eigenvalue weighted by molar-refractivity contribution is 5.90. The molecule has 18 heavy (non-hydrogen) atoms. The lowest BCUT2D eigenvalue weighted by atomic mass is 10.1. The molecule has 1 aromatic rings. The average Bonchev–Trinajstić information content (AvgIpc) is 2.36. The summed E-state index contributed by atoms with van der Waals surface area (Å²) < 4.78 is 4.65. The quantitative estimate of drug-likeness (QED) is 0.646. The molecule has 0 saturated carbocycles. The number of carboxylic acid groups (broad SMARTS) is 1. The van der Waals surface area contributed by atoms with Crippen molar-refractivity contribution in [3.63, 3.8) is 0 Å². The summed E-state index contributed by atoms with van der Waals surface area (Å²) in [5.41, 5.74) is 2.00. The molecule has 0 unspecified atom stereocenters. The second-order valence-electron chi connectivity index (χ2n) is 3.66. The van der Waals surface area contributed by atoms with E-state index in [1.54, 1.807) is 19.2 Å². The lowest BCUT2D eigenvalue weighted by Crippen LogP contribution is -2.22. The largest absolute Gasteiger partial charge is 0.480 e. The molecule has 0 spiro atoms. The van der Waals surface area contributed by atoms with Crippen LogP contribution >= 0.6 is 0 Å². The number of benzene rings is 1. The molecule has 98 valence electrons. The number of anilines is 1. The van der Waals surface area contributed by atoms with Gasteiger partial charge in [-0.2, -0.15) is 0 Å². The molecule has 3 N–H and O–H groups in total. The summed E-state index contributed by atoms with van der Waals surface area (Å²) >= 11 is 0. The van der Waals surface area contributed by atoms with Crippen LogP contribution in [0, 0.1) is 0 Å². The van der Waals surface area contributed by atoms with Gasteiger partial charge < -0.3 is 20.5 Å². The number of carboxylic acids is 1. The third-order valence-electron chi connectivity index (χ3n) is 2.31. The molecule has 0 aliphatic carbocycles. The van der Waals surface area contributed by atoms with Gasteiger partial charge in [0.15, 0.2) is 0 Å². The van der Waals surface area contributed by atoms with E-state index in [1.165, 1.54) is 7.11 Å². The maximum atomic E-state index is 11.5. The summed E-state index contributed by atoms with van der Waals surface area (Å²) in [6.45, 7) is 0.239. The first-order chi connectivity index (χ1) is 8.56. The molecule has 0 fully saturated rings. The van der Waals surface area contributed by atoms with Crippen molar-refractivity contribution in [3.05, 3.63) is 29.3 Å². The van der Waals surface area contributed by atoms with Crippen LogP contribution in [0.4, 0.5) is 5.69 Å². The van der Waals surface area contributed by atoms with Crippen LogP contribution in [0.1, 0.15) is 15.9 Å². The van der Waals surface area contributed by atoms with Crippen LogP contribution in [0.5, 0.6) is 0 Å². The van der Waals surface area contributed by atoms with Gasteiger partial charge in [-0.15, -0.1) is 0 Å². The Morgan fingerprint density at radius 2 is 2.06 bits per heavy atom. The van der Waals surface area contributed by atoms with Crippen LogP contribution in [-0.4, -0.2) is 37.7 Å². The first-order valence-electron chi connectivity index (χ1n) is 5.39. The number of rotatable bonds is 6. The molecule has 0 aliphatic rings. The van der Waals surface area contributed by atoms with E-state index in [2.05, 4.69) is 15.4 Å². The van der Waals surface area contributed by atoms with Crippen LogP contribution in [0.15, 0.2) is 18.2 Å². The normalized spacial score (nSPS) is 9.89. The molecular weight excluding hydrogens is 236 g/mol. The molecule has 0 bridgehead atoms. The van der Waals surface area contributed by atoms with Crippen molar-refractivity contribution in [2.45, 2.75) is 6.54 Å².